The summed E-state index contributed by atoms with van der Waals surface area (Å²) >= 11 is 0. The number of likely N-dealkylation sites (N-methyl/N-ethyl adjacent to an activating group) is 1. The molecule has 3 nitrogen and oxygen atoms in total. The molecule has 0 atom stereocenters. The maximum absolute atomic E-state index is 5.76. The van der Waals surface area contributed by atoms with E-state index < -0.39 is 0 Å². The summed E-state index contributed by atoms with van der Waals surface area (Å²) in [6.45, 7) is 4.70. The Morgan fingerprint density at radius 1 is 1.29 bits per heavy atom. The van der Waals surface area contributed by atoms with Crippen molar-refractivity contribution in [3.63, 3.8) is 0 Å². The van der Waals surface area contributed by atoms with Crippen LogP contribution in [0.2, 0.25) is 0 Å². The van der Waals surface area contributed by atoms with Crippen LogP contribution in [-0.2, 0) is 0 Å². The van der Waals surface area contributed by atoms with Gasteiger partial charge in [-0.15, -0.1) is 0 Å². The zero-order chi connectivity index (χ0) is 9.97. The van der Waals surface area contributed by atoms with Gasteiger partial charge in [-0.1, -0.05) is 6.07 Å². The topological polar surface area (TPSA) is 33.7 Å². The Morgan fingerprint density at radius 3 is 2.64 bits per heavy atom. The number of hydrogen-bond donors (Lipinski definition) is 2. The number of anilines is 2. The molecule has 0 amide bonds. The van der Waals surface area contributed by atoms with Gasteiger partial charge in [-0.25, -0.2) is 0 Å². The molecule has 1 heterocycles. The summed E-state index contributed by atoms with van der Waals surface area (Å²) < 4.78 is 0. The molecule has 2 rings (SSSR count). The van der Waals surface area contributed by atoms with E-state index in [2.05, 4.69) is 24.1 Å². The number of hydrogen-bond acceptors (Lipinski definition) is 2. The molecular weight excluding hydrogens is 174 g/mol. The second-order valence-corrected chi connectivity index (χ2v) is 4.04. The summed E-state index contributed by atoms with van der Waals surface area (Å²) in [4.78, 5) is 4.02. The molecule has 0 bridgehead atoms. The van der Waals surface area contributed by atoms with Crippen LogP contribution in [0.5, 0.6) is 0 Å². The van der Waals surface area contributed by atoms with Crippen LogP contribution in [-0.4, -0.2) is 33.2 Å². The first-order valence-electron chi connectivity index (χ1n) is 5.17. The highest BCUT2D eigenvalue weighted by Gasteiger charge is 2.16. The molecule has 76 valence electrons. The van der Waals surface area contributed by atoms with Gasteiger partial charge in [0.2, 0.25) is 0 Å². The molecule has 1 aliphatic rings. The number of nitrogens with one attached hydrogen (secondary N) is 1. The fourth-order valence-electron chi connectivity index (χ4n) is 1.87. The lowest BCUT2D eigenvalue weighted by Crippen LogP contribution is -3.12. The van der Waals surface area contributed by atoms with Crippen molar-refractivity contribution in [2.24, 2.45) is 0 Å². The number of benzene rings is 1. The molecule has 1 aliphatic heterocycles. The van der Waals surface area contributed by atoms with Crippen LogP contribution < -0.4 is 15.5 Å². The smallest absolute Gasteiger partial charge is 0.0947 e. The van der Waals surface area contributed by atoms with E-state index >= 15 is 0 Å². The average Bonchev–Trinajstić information content (AvgIpc) is 2.19. The zero-order valence-electron chi connectivity index (χ0n) is 8.66. The lowest BCUT2D eigenvalue weighted by atomic mass is 10.2. The molecule has 0 aromatic heterocycles. The predicted molar refractivity (Wildman–Crippen MR) is 59.7 cm³/mol. The third-order valence-electron chi connectivity index (χ3n) is 2.85. The molecule has 1 aromatic rings. The van der Waals surface area contributed by atoms with Crippen LogP contribution in [0.15, 0.2) is 24.3 Å². The van der Waals surface area contributed by atoms with Crippen molar-refractivity contribution < 1.29 is 4.90 Å². The van der Waals surface area contributed by atoms with Crippen LogP contribution in [0.1, 0.15) is 0 Å². The Balaban J connectivity index is 2.08. The van der Waals surface area contributed by atoms with E-state index in [9.17, 15) is 0 Å². The molecular formula is C11H18N3+. The minimum Gasteiger partial charge on any atom is -0.399 e. The quantitative estimate of drug-likeness (QED) is 0.594. The lowest BCUT2D eigenvalue weighted by molar-refractivity contribution is -0.880. The number of nitrogen functional groups attached to an aromatic ring is 1. The fourth-order valence-corrected chi connectivity index (χ4v) is 1.87. The van der Waals surface area contributed by atoms with Gasteiger partial charge in [-0.05, 0) is 18.2 Å². The summed E-state index contributed by atoms with van der Waals surface area (Å²) in [5.74, 6) is 0. The monoisotopic (exact) mass is 192 g/mol. The summed E-state index contributed by atoms with van der Waals surface area (Å²) in [6.07, 6.45) is 0. The highest BCUT2D eigenvalue weighted by molar-refractivity contribution is 5.55. The van der Waals surface area contributed by atoms with Crippen LogP contribution in [0.4, 0.5) is 11.4 Å². The largest absolute Gasteiger partial charge is 0.399 e. The van der Waals surface area contributed by atoms with Gasteiger partial charge in [0.25, 0.3) is 0 Å². The minimum absolute atomic E-state index is 0.855. The van der Waals surface area contributed by atoms with Gasteiger partial charge in [0.1, 0.15) is 0 Å². The van der Waals surface area contributed by atoms with Crippen molar-refractivity contribution in [1.82, 2.24) is 0 Å². The van der Waals surface area contributed by atoms with E-state index in [0.29, 0.717) is 0 Å². The maximum atomic E-state index is 5.76. The Morgan fingerprint density at radius 2 is 2.00 bits per heavy atom. The van der Waals surface area contributed by atoms with Crippen molar-refractivity contribution in [3.8, 4) is 0 Å². The van der Waals surface area contributed by atoms with Crippen molar-refractivity contribution in [1.29, 1.82) is 0 Å². The summed E-state index contributed by atoms with van der Waals surface area (Å²) in [6, 6.07) is 8.15. The Labute approximate surface area is 85.1 Å². The normalized spacial score (nSPS) is 18.5. The van der Waals surface area contributed by atoms with Crippen LogP contribution >= 0.6 is 0 Å². The van der Waals surface area contributed by atoms with Crippen molar-refractivity contribution in [3.05, 3.63) is 24.3 Å². The number of nitrogens with zero attached hydrogens (tertiary/aromatic N) is 1. The highest BCUT2D eigenvalue weighted by atomic mass is 15.2. The number of piperazine rings is 1. The van der Waals surface area contributed by atoms with Gasteiger partial charge in [-0.3, -0.25) is 0 Å². The first-order chi connectivity index (χ1) is 6.75. The molecule has 0 aliphatic carbocycles. The average molecular weight is 192 g/mol. The first kappa shape index (κ1) is 9.34. The second kappa shape index (κ2) is 3.88. The van der Waals surface area contributed by atoms with Crippen molar-refractivity contribution >= 4 is 11.4 Å². The van der Waals surface area contributed by atoms with Crippen LogP contribution in [0.25, 0.3) is 0 Å². The molecule has 1 fully saturated rings. The van der Waals surface area contributed by atoms with Gasteiger partial charge >= 0.3 is 0 Å². The van der Waals surface area contributed by atoms with Crippen LogP contribution in [0, 0.1) is 0 Å². The van der Waals surface area contributed by atoms with E-state index in [1.165, 1.54) is 18.8 Å². The highest BCUT2D eigenvalue weighted by Crippen LogP contribution is 2.16. The molecule has 3 heteroatoms. The maximum Gasteiger partial charge on any atom is 0.0947 e. The van der Waals surface area contributed by atoms with E-state index in [1.54, 1.807) is 4.90 Å². The van der Waals surface area contributed by atoms with E-state index in [-0.39, 0.29) is 0 Å². The third-order valence-corrected chi connectivity index (χ3v) is 2.85. The number of quaternary nitrogens is 1. The molecule has 0 radical (unpaired) electrons. The summed E-state index contributed by atoms with van der Waals surface area (Å²) in [7, 11) is 2.25. The minimum atomic E-state index is 0.855. The fraction of sp³-hybridized carbons (Fsp3) is 0.455. The Hall–Kier alpha value is -1.22. The van der Waals surface area contributed by atoms with Crippen molar-refractivity contribution in [2.45, 2.75) is 0 Å². The van der Waals surface area contributed by atoms with Gasteiger partial charge in [0, 0.05) is 11.4 Å². The van der Waals surface area contributed by atoms with Gasteiger partial charge in [0.15, 0.2) is 0 Å². The van der Waals surface area contributed by atoms with E-state index in [0.717, 1.165) is 18.8 Å². The standard InChI is InChI=1S/C11H17N3/c1-13-5-7-14(8-6-13)11-4-2-3-10(12)9-11/h2-4,9H,5-8,12H2,1H3/p+1. The third kappa shape index (κ3) is 1.99. The molecule has 1 aromatic carbocycles. The summed E-state index contributed by atoms with van der Waals surface area (Å²) in [5, 5.41) is 0. The molecule has 0 unspecified atom stereocenters. The second-order valence-electron chi connectivity index (χ2n) is 4.04. The predicted octanol–water partition coefficient (Wildman–Crippen LogP) is -0.396. The molecule has 14 heavy (non-hydrogen) atoms. The van der Waals surface area contributed by atoms with E-state index in [4.69, 9.17) is 5.73 Å². The van der Waals surface area contributed by atoms with Crippen molar-refractivity contribution in [2.75, 3.05) is 43.9 Å². The first-order valence-corrected chi connectivity index (χ1v) is 5.17. The molecule has 3 N–H and O–H groups in total. The molecule has 0 saturated carbocycles. The lowest BCUT2D eigenvalue weighted by Gasteiger charge is -2.31. The molecule has 0 spiro atoms. The van der Waals surface area contributed by atoms with Gasteiger partial charge in [0.05, 0.1) is 33.2 Å². The Bertz CT molecular complexity index is 303. The zero-order valence-corrected chi connectivity index (χ0v) is 8.66. The van der Waals surface area contributed by atoms with E-state index in [1.807, 2.05) is 12.1 Å². The molecule has 1 saturated heterocycles. The summed E-state index contributed by atoms with van der Waals surface area (Å²) in [5.41, 5.74) is 7.88. The van der Waals surface area contributed by atoms with Crippen LogP contribution in [0.3, 0.4) is 0 Å². The number of rotatable bonds is 1. The Kier molecular flexibility index (Phi) is 2.59. The SMILES string of the molecule is C[NH+]1CCN(c2cccc(N)c2)CC1. The van der Waals surface area contributed by atoms with Gasteiger partial charge < -0.3 is 15.5 Å². The number of nitrogens with two attached hydrogens (primary N) is 1. The van der Waals surface area contributed by atoms with Gasteiger partial charge in [-0.2, -0.15) is 0 Å².